The molecule has 0 radical (unpaired) electrons. The SMILES string of the molecule is CC(Nc1ccnc2c(F)cc(F)cc12)c1nccs1. The lowest BCUT2D eigenvalue weighted by Crippen LogP contribution is -2.07. The Bertz CT molecular complexity index is 744. The van der Waals surface area contributed by atoms with E-state index in [0.717, 1.165) is 11.1 Å². The second kappa shape index (κ2) is 5.13. The molecule has 0 saturated heterocycles. The molecule has 0 bridgehead atoms. The molecule has 6 heteroatoms. The summed E-state index contributed by atoms with van der Waals surface area (Å²) in [4.78, 5) is 8.18. The quantitative estimate of drug-likeness (QED) is 0.788. The van der Waals surface area contributed by atoms with E-state index in [-0.39, 0.29) is 11.6 Å². The van der Waals surface area contributed by atoms with Crippen LogP contribution in [0.25, 0.3) is 10.9 Å². The molecular weight excluding hydrogens is 280 g/mol. The highest BCUT2D eigenvalue weighted by atomic mass is 32.1. The number of halogens is 2. The van der Waals surface area contributed by atoms with Crippen molar-refractivity contribution >= 4 is 27.9 Å². The van der Waals surface area contributed by atoms with E-state index >= 15 is 0 Å². The van der Waals surface area contributed by atoms with Crippen molar-refractivity contribution in [3.05, 3.63) is 52.6 Å². The van der Waals surface area contributed by atoms with Crippen molar-refractivity contribution in [1.82, 2.24) is 9.97 Å². The molecule has 1 atom stereocenters. The van der Waals surface area contributed by atoms with E-state index in [1.54, 1.807) is 12.3 Å². The van der Waals surface area contributed by atoms with Crippen molar-refractivity contribution in [3.8, 4) is 0 Å². The van der Waals surface area contributed by atoms with Gasteiger partial charge in [-0.05, 0) is 19.1 Å². The van der Waals surface area contributed by atoms with Gasteiger partial charge in [-0.25, -0.2) is 13.8 Å². The normalized spacial score (nSPS) is 12.6. The average Bonchev–Trinajstić information content (AvgIpc) is 2.93. The summed E-state index contributed by atoms with van der Waals surface area (Å²) in [5, 5.41) is 6.44. The molecule has 0 aliphatic carbocycles. The zero-order valence-electron chi connectivity index (χ0n) is 10.6. The van der Waals surface area contributed by atoms with E-state index in [1.165, 1.54) is 23.6 Å². The fourth-order valence-electron chi connectivity index (χ4n) is 2.05. The highest BCUT2D eigenvalue weighted by molar-refractivity contribution is 7.09. The summed E-state index contributed by atoms with van der Waals surface area (Å²) in [7, 11) is 0. The molecule has 3 nitrogen and oxygen atoms in total. The van der Waals surface area contributed by atoms with Gasteiger partial charge >= 0.3 is 0 Å². The number of benzene rings is 1. The number of nitrogens with zero attached hydrogens (tertiary/aromatic N) is 2. The summed E-state index contributed by atoms with van der Waals surface area (Å²) in [6.07, 6.45) is 3.22. The molecule has 3 aromatic rings. The third kappa shape index (κ3) is 2.34. The number of rotatable bonds is 3. The van der Waals surface area contributed by atoms with Gasteiger partial charge in [0.1, 0.15) is 16.3 Å². The lowest BCUT2D eigenvalue weighted by atomic mass is 10.1. The molecule has 0 saturated carbocycles. The maximum absolute atomic E-state index is 13.7. The maximum atomic E-state index is 13.7. The number of hydrogen-bond acceptors (Lipinski definition) is 4. The van der Waals surface area contributed by atoms with E-state index in [9.17, 15) is 8.78 Å². The fraction of sp³-hybridized carbons (Fsp3) is 0.143. The molecule has 102 valence electrons. The van der Waals surface area contributed by atoms with Crippen molar-refractivity contribution < 1.29 is 8.78 Å². The summed E-state index contributed by atoms with van der Waals surface area (Å²) in [5.74, 6) is -1.28. The molecule has 2 heterocycles. The predicted octanol–water partition coefficient (Wildman–Crippen LogP) is 4.14. The van der Waals surface area contributed by atoms with Gasteiger partial charge in [-0.1, -0.05) is 0 Å². The molecule has 1 N–H and O–H groups in total. The minimum absolute atomic E-state index is 0.0491. The van der Waals surface area contributed by atoms with Gasteiger partial charge in [0.05, 0.1) is 6.04 Å². The zero-order valence-corrected chi connectivity index (χ0v) is 11.4. The van der Waals surface area contributed by atoms with Crippen molar-refractivity contribution in [2.24, 2.45) is 0 Å². The third-order valence-electron chi connectivity index (χ3n) is 2.96. The van der Waals surface area contributed by atoms with Crippen LogP contribution in [0.2, 0.25) is 0 Å². The molecule has 0 spiro atoms. The van der Waals surface area contributed by atoms with Crippen LogP contribution in [-0.4, -0.2) is 9.97 Å². The Kier molecular flexibility index (Phi) is 3.31. The van der Waals surface area contributed by atoms with E-state index in [4.69, 9.17) is 0 Å². The van der Waals surface area contributed by atoms with E-state index in [2.05, 4.69) is 15.3 Å². The zero-order chi connectivity index (χ0) is 14.1. The van der Waals surface area contributed by atoms with E-state index < -0.39 is 11.6 Å². The fourth-order valence-corrected chi connectivity index (χ4v) is 2.69. The average molecular weight is 291 g/mol. The van der Waals surface area contributed by atoms with Gasteiger partial charge in [0.15, 0.2) is 5.82 Å². The Morgan fingerprint density at radius 1 is 1.20 bits per heavy atom. The molecule has 0 fully saturated rings. The van der Waals surface area contributed by atoms with Crippen LogP contribution in [0.4, 0.5) is 14.5 Å². The van der Waals surface area contributed by atoms with Gasteiger partial charge in [0, 0.05) is 34.9 Å². The molecular formula is C14H11F2N3S. The topological polar surface area (TPSA) is 37.8 Å². The smallest absolute Gasteiger partial charge is 0.152 e. The van der Waals surface area contributed by atoms with Crippen LogP contribution in [0.3, 0.4) is 0 Å². The van der Waals surface area contributed by atoms with Crippen LogP contribution in [0, 0.1) is 11.6 Å². The van der Waals surface area contributed by atoms with Crippen LogP contribution in [-0.2, 0) is 0 Å². The van der Waals surface area contributed by atoms with Gasteiger partial charge in [-0.3, -0.25) is 4.98 Å². The van der Waals surface area contributed by atoms with E-state index in [0.29, 0.717) is 11.1 Å². The summed E-state index contributed by atoms with van der Waals surface area (Å²) in [6, 6.07) is 3.77. The Balaban J connectivity index is 2.03. The number of nitrogens with one attached hydrogen (secondary N) is 1. The maximum Gasteiger partial charge on any atom is 0.152 e. The van der Waals surface area contributed by atoms with Gasteiger partial charge in [-0.15, -0.1) is 11.3 Å². The van der Waals surface area contributed by atoms with Crippen LogP contribution < -0.4 is 5.32 Å². The number of aromatic nitrogens is 2. The second-order valence-corrected chi connectivity index (χ2v) is 5.30. The Morgan fingerprint density at radius 2 is 2.05 bits per heavy atom. The van der Waals surface area contributed by atoms with Crippen molar-refractivity contribution in [2.75, 3.05) is 5.32 Å². The first-order valence-electron chi connectivity index (χ1n) is 6.05. The molecule has 3 rings (SSSR count). The molecule has 20 heavy (non-hydrogen) atoms. The minimum atomic E-state index is -0.662. The first kappa shape index (κ1) is 12.9. The minimum Gasteiger partial charge on any atom is -0.375 e. The standard InChI is InChI=1S/C14H11F2N3S/c1-8(14-18-4-5-20-14)19-12-2-3-17-13-10(12)6-9(15)7-11(13)16/h2-8H,1H3,(H,17,19). The van der Waals surface area contributed by atoms with Crippen molar-refractivity contribution in [2.45, 2.75) is 13.0 Å². The first-order chi connectivity index (χ1) is 9.65. The Labute approximate surface area is 118 Å². The summed E-state index contributed by atoms with van der Waals surface area (Å²) in [6.45, 7) is 1.95. The lowest BCUT2D eigenvalue weighted by molar-refractivity contribution is 0.590. The van der Waals surface area contributed by atoms with Crippen molar-refractivity contribution in [1.29, 1.82) is 0 Å². The predicted molar refractivity (Wildman–Crippen MR) is 75.8 cm³/mol. The number of thiazole rings is 1. The number of fused-ring (bicyclic) bond motifs is 1. The summed E-state index contributed by atoms with van der Waals surface area (Å²) >= 11 is 1.52. The van der Waals surface area contributed by atoms with Crippen molar-refractivity contribution in [3.63, 3.8) is 0 Å². The Morgan fingerprint density at radius 3 is 2.80 bits per heavy atom. The number of pyridine rings is 1. The Hall–Kier alpha value is -2.08. The molecule has 1 unspecified atom stereocenters. The van der Waals surface area contributed by atoms with Gasteiger partial charge in [0.25, 0.3) is 0 Å². The monoisotopic (exact) mass is 291 g/mol. The second-order valence-electron chi connectivity index (χ2n) is 4.38. The lowest BCUT2D eigenvalue weighted by Gasteiger charge is -2.14. The molecule has 1 aromatic carbocycles. The van der Waals surface area contributed by atoms with Crippen LogP contribution in [0.1, 0.15) is 18.0 Å². The van der Waals surface area contributed by atoms with Crippen LogP contribution >= 0.6 is 11.3 Å². The third-order valence-corrected chi connectivity index (χ3v) is 3.92. The largest absolute Gasteiger partial charge is 0.375 e. The van der Waals surface area contributed by atoms with Crippen LogP contribution in [0.15, 0.2) is 36.0 Å². The highest BCUT2D eigenvalue weighted by Crippen LogP contribution is 2.28. The summed E-state index contributed by atoms with van der Waals surface area (Å²) < 4.78 is 27.1. The first-order valence-corrected chi connectivity index (χ1v) is 6.93. The number of anilines is 1. The molecule has 0 aliphatic heterocycles. The van der Waals surface area contributed by atoms with Crippen LogP contribution in [0.5, 0.6) is 0 Å². The highest BCUT2D eigenvalue weighted by Gasteiger charge is 2.12. The number of hydrogen-bond donors (Lipinski definition) is 1. The molecule has 0 aliphatic rings. The molecule has 0 amide bonds. The van der Waals surface area contributed by atoms with Gasteiger partial charge in [-0.2, -0.15) is 0 Å². The molecule has 2 aromatic heterocycles. The van der Waals surface area contributed by atoms with Gasteiger partial charge < -0.3 is 5.32 Å². The van der Waals surface area contributed by atoms with Gasteiger partial charge in [0.2, 0.25) is 0 Å². The summed E-state index contributed by atoms with van der Waals surface area (Å²) in [5.41, 5.74) is 0.791. The van der Waals surface area contributed by atoms with E-state index in [1.807, 2.05) is 12.3 Å².